The number of anilines is 2. The average molecular weight is 270 g/mol. The van der Waals surface area contributed by atoms with Crippen molar-refractivity contribution in [2.75, 3.05) is 22.8 Å². The van der Waals surface area contributed by atoms with Crippen LogP contribution in [0.1, 0.15) is 27.2 Å². The molecule has 18 heavy (non-hydrogen) atoms. The molecule has 0 bridgehead atoms. The molecule has 1 aromatic carbocycles. The first-order valence-corrected chi connectivity index (χ1v) is 7.55. The van der Waals surface area contributed by atoms with Gasteiger partial charge >= 0.3 is 0 Å². The van der Waals surface area contributed by atoms with Gasteiger partial charge in [0, 0.05) is 12.7 Å². The number of sulfonamides is 1. The SMILES string of the molecule is CN(c1cccc(N)c1)S(=O)(=O)CCC(C)(C)C. The van der Waals surface area contributed by atoms with Crippen molar-refractivity contribution >= 4 is 21.4 Å². The predicted molar refractivity (Wildman–Crippen MR) is 77.1 cm³/mol. The third-order valence-corrected chi connectivity index (χ3v) is 4.53. The maximum atomic E-state index is 12.2. The largest absolute Gasteiger partial charge is 0.399 e. The van der Waals surface area contributed by atoms with E-state index in [9.17, 15) is 8.42 Å². The summed E-state index contributed by atoms with van der Waals surface area (Å²) in [5, 5.41) is 0. The standard InChI is InChI=1S/C13H22N2O2S/c1-13(2,3)8-9-18(16,17)15(4)12-7-5-6-11(14)10-12/h5-7,10H,8-9,14H2,1-4H3. The highest BCUT2D eigenvalue weighted by molar-refractivity contribution is 7.92. The van der Waals surface area contributed by atoms with Crippen LogP contribution in [0.4, 0.5) is 11.4 Å². The molecule has 0 radical (unpaired) electrons. The number of nitrogens with zero attached hydrogens (tertiary/aromatic N) is 1. The summed E-state index contributed by atoms with van der Waals surface area (Å²) in [7, 11) is -1.72. The zero-order valence-corrected chi connectivity index (χ0v) is 12.3. The highest BCUT2D eigenvalue weighted by atomic mass is 32.2. The Morgan fingerprint density at radius 3 is 2.39 bits per heavy atom. The topological polar surface area (TPSA) is 63.4 Å². The molecule has 0 aliphatic rings. The zero-order chi connectivity index (χ0) is 14.0. The Labute approximate surface area is 110 Å². The molecule has 0 spiro atoms. The lowest BCUT2D eigenvalue weighted by Crippen LogP contribution is -2.30. The van der Waals surface area contributed by atoms with Crippen LogP contribution in [0.15, 0.2) is 24.3 Å². The van der Waals surface area contributed by atoms with E-state index in [2.05, 4.69) is 0 Å². The molecule has 102 valence electrons. The van der Waals surface area contributed by atoms with E-state index >= 15 is 0 Å². The van der Waals surface area contributed by atoms with Crippen molar-refractivity contribution in [3.8, 4) is 0 Å². The molecular formula is C13H22N2O2S. The number of nitrogen functional groups attached to an aromatic ring is 1. The number of rotatable bonds is 4. The molecule has 0 amide bonds. The van der Waals surface area contributed by atoms with E-state index in [0.717, 1.165) is 0 Å². The van der Waals surface area contributed by atoms with Gasteiger partial charge in [0.1, 0.15) is 0 Å². The first-order chi connectivity index (χ1) is 8.12. The molecule has 0 heterocycles. The second-order valence-corrected chi connectivity index (χ2v) is 7.81. The highest BCUT2D eigenvalue weighted by Crippen LogP contribution is 2.23. The number of hydrogen-bond donors (Lipinski definition) is 1. The van der Waals surface area contributed by atoms with Crippen LogP contribution in [-0.4, -0.2) is 21.2 Å². The molecule has 1 aromatic rings. The summed E-state index contributed by atoms with van der Waals surface area (Å²) in [6.45, 7) is 6.09. The summed E-state index contributed by atoms with van der Waals surface area (Å²) in [5.74, 6) is 0.141. The van der Waals surface area contributed by atoms with Crippen molar-refractivity contribution < 1.29 is 8.42 Å². The van der Waals surface area contributed by atoms with Gasteiger partial charge in [-0.05, 0) is 30.0 Å². The molecular weight excluding hydrogens is 248 g/mol. The molecule has 5 heteroatoms. The maximum absolute atomic E-state index is 12.2. The second kappa shape index (κ2) is 5.18. The van der Waals surface area contributed by atoms with Crippen LogP contribution in [0.5, 0.6) is 0 Å². The van der Waals surface area contributed by atoms with Crippen LogP contribution < -0.4 is 10.0 Å². The molecule has 0 atom stereocenters. The molecule has 0 saturated carbocycles. The predicted octanol–water partition coefficient (Wildman–Crippen LogP) is 2.47. The molecule has 0 unspecified atom stereocenters. The van der Waals surface area contributed by atoms with E-state index < -0.39 is 10.0 Å². The van der Waals surface area contributed by atoms with Gasteiger partial charge in [0.25, 0.3) is 0 Å². The minimum Gasteiger partial charge on any atom is -0.399 e. The Morgan fingerprint density at radius 2 is 1.89 bits per heavy atom. The molecule has 1 rings (SSSR count). The van der Waals surface area contributed by atoms with Gasteiger partial charge in [0.15, 0.2) is 0 Å². The Morgan fingerprint density at radius 1 is 1.28 bits per heavy atom. The Balaban J connectivity index is 2.86. The van der Waals surface area contributed by atoms with Crippen molar-refractivity contribution in [3.63, 3.8) is 0 Å². The monoisotopic (exact) mass is 270 g/mol. The molecule has 2 N–H and O–H groups in total. The average Bonchev–Trinajstić information content (AvgIpc) is 2.25. The van der Waals surface area contributed by atoms with Gasteiger partial charge in [0.05, 0.1) is 11.4 Å². The minimum atomic E-state index is -3.29. The fraction of sp³-hybridized carbons (Fsp3) is 0.538. The van der Waals surface area contributed by atoms with Crippen LogP contribution in [0.2, 0.25) is 0 Å². The van der Waals surface area contributed by atoms with Crippen molar-refractivity contribution in [1.29, 1.82) is 0 Å². The van der Waals surface area contributed by atoms with Crippen molar-refractivity contribution in [2.45, 2.75) is 27.2 Å². The highest BCUT2D eigenvalue weighted by Gasteiger charge is 2.22. The van der Waals surface area contributed by atoms with E-state index in [0.29, 0.717) is 17.8 Å². The Hall–Kier alpha value is -1.23. The fourth-order valence-corrected chi connectivity index (χ4v) is 3.03. The van der Waals surface area contributed by atoms with E-state index in [-0.39, 0.29) is 11.2 Å². The molecule has 4 nitrogen and oxygen atoms in total. The third-order valence-electron chi connectivity index (χ3n) is 2.76. The van der Waals surface area contributed by atoms with Gasteiger partial charge in [-0.1, -0.05) is 26.8 Å². The molecule has 0 aliphatic heterocycles. The van der Waals surface area contributed by atoms with E-state index in [1.165, 1.54) is 4.31 Å². The lowest BCUT2D eigenvalue weighted by molar-refractivity contribution is 0.397. The summed E-state index contributed by atoms with van der Waals surface area (Å²) in [5.41, 5.74) is 6.83. The summed E-state index contributed by atoms with van der Waals surface area (Å²) in [6, 6.07) is 6.89. The number of hydrogen-bond acceptors (Lipinski definition) is 3. The molecule has 0 aliphatic carbocycles. The van der Waals surface area contributed by atoms with Gasteiger partial charge < -0.3 is 5.73 Å². The molecule has 0 saturated heterocycles. The fourth-order valence-electron chi connectivity index (χ4n) is 1.45. The third kappa shape index (κ3) is 4.22. The van der Waals surface area contributed by atoms with Crippen LogP contribution in [0.25, 0.3) is 0 Å². The quantitative estimate of drug-likeness (QED) is 0.855. The Kier molecular flexibility index (Phi) is 4.27. The van der Waals surface area contributed by atoms with Crippen LogP contribution >= 0.6 is 0 Å². The zero-order valence-electron chi connectivity index (χ0n) is 11.5. The lowest BCUT2D eigenvalue weighted by Gasteiger charge is -2.23. The van der Waals surface area contributed by atoms with Gasteiger partial charge in [-0.3, -0.25) is 4.31 Å². The van der Waals surface area contributed by atoms with Crippen LogP contribution in [-0.2, 0) is 10.0 Å². The Bertz CT molecular complexity index is 504. The lowest BCUT2D eigenvalue weighted by atomic mass is 9.94. The summed E-state index contributed by atoms with van der Waals surface area (Å²) >= 11 is 0. The smallest absolute Gasteiger partial charge is 0.234 e. The van der Waals surface area contributed by atoms with E-state index in [1.54, 1.807) is 31.3 Å². The minimum absolute atomic E-state index is 0.00360. The van der Waals surface area contributed by atoms with E-state index in [4.69, 9.17) is 5.73 Å². The molecule has 0 fully saturated rings. The number of benzene rings is 1. The first-order valence-electron chi connectivity index (χ1n) is 5.94. The van der Waals surface area contributed by atoms with Gasteiger partial charge in [-0.2, -0.15) is 0 Å². The summed E-state index contributed by atoms with van der Waals surface area (Å²) in [6.07, 6.45) is 0.627. The first kappa shape index (κ1) is 14.8. The van der Waals surface area contributed by atoms with Crippen LogP contribution in [0.3, 0.4) is 0 Å². The number of nitrogens with two attached hydrogens (primary N) is 1. The summed E-state index contributed by atoms with van der Waals surface area (Å²) in [4.78, 5) is 0. The normalized spacial score (nSPS) is 12.4. The van der Waals surface area contributed by atoms with Crippen LogP contribution in [0, 0.1) is 5.41 Å². The summed E-state index contributed by atoms with van der Waals surface area (Å²) < 4.78 is 25.6. The maximum Gasteiger partial charge on any atom is 0.234 e. The molecule has 0 aromatic heterocycles. The van der Waals surface area contributed by atoms with Gasteiger partial charge in [-0.25, -0.2) is 8.42 Å². The van der Waals surface area contributed by atoms with Gasteiger partial charge in [-0.15, -0.1) is 0 Å². The van der Waals surface area contributed by atoms with Crippen molar-refractivity contribution in [1.82, 2.24) is 0 Å². The van der Waals surface area contributed by atoms with Gasteiger partial charge in [0.2, 0.25) is 10.0 Å². The van der Waals surface area contributed by atoms with E-state index in [1.807, 2.05) is 20.8 Å². The second-order valence-electron chi connectivity index (χ2n) is 5.69. The van der Waals surface area contributed by atoms with Crippen molar-refractivity contribution in [3.05, 3.63) is 24.3 Å². The van der Waals surface area contributed by atoms with Crippen molar-refractivity contribution in [2.24, 2.45) is 5.41 Å².